The third-order valence-electron chi connectivity index (χ3n) is 4.92. The third kappa shape index (κ3) is 8.62. The summed E-state index contributed by atoms with van der Waals surface area (Å²) in [4.78, 5) is 0. The van der Waals surface area contributed by atoms with E-state index >= 15 is 0 Å². The number of nitrogens with two attached hydrogens (primary N) is 2. The Morgan fingerprint density at radius 1 is 0.714 bits per heavy atom. The van der Waals surface area contributed by atoms with Crippen molar-refractivity contribution >= 4 is 37.0 Å². The molecule has 2 nitrogen and oxygen atoms in total. The minimum Gasteiger partial charge on any atom is -0.330 e. The van der Waals surface area contributed by atoms with E-state index in [4.69, 9.17) is 11.5 Å². The number of halogens is 2. The molecular formula is C24H34Cl2N2. The summed E-state index contributed by atoms with van der Waals surface area (Å²) in [6.45, 7) is 8.40. The van der Waals surface area contributed by atoms with Crippen LogP contribution in [0.4, 0.5) is 0 Å². The SMILES string of the molecule is C=Cc1ccc(CC(N)(CCCCCN)Cc2ccc(C=C)cc2)cc1.Cl.Cl. The maximum atomic E-state index is 6.91. The molecule has 0 fully saturated rings. The molecule has 0 radical (unpaired) electrons. The fraction of sp³-hybridized carbons (Fsp3) is 0.333. The van der Waals surface area contributed by atoms with Crippen molar-refractivity contribution < 1.29 is 0 Å². The van der Waals surface area contributed by atoms with E-state index in [0.29, 0.717) is 0 Å². The molecule has 0 heterocycles. The highest BCUT2D eigenvalue weighted by molar-refractivity contribution is 5.85. The number of hydrogen-bond acceptors (Lipinski definition) is 2. The standard InChI is InChI=1S/C24H32N2.2ClH/c1-3-20-8-12-22(13-9-20)18-24(26,16-6-5-7-17-25)19-23-14-10-21(4-2)11-15-23;;/h3-4,8-15H,1-2,5-7,16-19,25-26H2;2*1H. The van der Waals surface area contributed by atoms with Crippen molar-refractivity contribution in [1.29, 1.82) is 0 Å². The Kier molecular flexibility index (Phi) is 12.8. The van der Waals surface area contributed by atoms with Crippen LogP contribution in [0.3, 0.4) is 0 Å². The minimum absolute atomic E-state index is 0. The lowest BCUT2D eigenvalue weighted by atomic mass is 9.81. The van der Waals surface area contributed by atoms with Gasteiger partial charge in [0.1, 0.15) is 0 Å². The molecule has 0 saturated heterocycles. The van der Waals surface area contributed by atoms with Crippen LogP contribution in [0.5, 0.6) is 0 Å². The van der Waals surface area contributed by atoms with Gasteiger partial charge < -0.3 is 11.5 Å². The monoisotopic (exact) mass is 420 g/mol. The molecule has 4 heteroatoms. The second-order valence-electron chi connectivity index (χ2n) is 7.21. The van der Waals surface area contributed by atoms with Gasteiger partial charge in [-0.05, 0) is 54.5 Å². The Morgan fingerprint density at radius 2 is 1.14 bits per heavy atom. The predicted molar refractivity (Wildman–Crippen MR) is 129 cm³/mol. The fourth-order valence-electron chi connectivity index (χ4n) is 3.39. The van der Waals surface area contributed by atoms with Crippen LogP contribution >= 0.6 is 24.8 Å². The first kappa shape index (κ1) is 26.4. The molecule has 0 bridgehead atoms. The smallest absolute Gasteiger partial charge is 0.0235 e. The number of hydrogen-bond donors (Lipinski definition) is 2. The lowest BCUT2D eigenvalue weighted by Crippen LogP contribution is -2.44. The first-order valence-corrected chi connectivity index (χ1v) is 9.50. The van der Waals surface area contributed by atoms with Crippen molar-refractivity contribution in [3.05, 3.63) is 83.9 Å². The number of benzene rings is 2. The highest BCUT2D eigenvalue weighted by atomic mass is 35.5. The Morgan fingerprint density at radius 3 is 1.50 bits per heavy atom. The predicted octanol–water partition coefficient (Wildman–Crippen LogP) is 5.82. The molecule has 0 amide bonds. The molecule has 4 N–H and O–H groups in total. The molecule has 0 spiro atoms. The average molecular weight is 421 g/mol. The van der Waals surface area contributed by atoms with E-state index in [0.717, 1.165) is 56.2 Å². The summed E-state index contributed by atoms with van der Waals surface area (Å²) in [5.74, 6) is 0. The molecule has 2 aromatic rings. The van der Waals surface area contributed by atoms with Crippen LogP contribution in [0.2, 0.25) is 0 Å². The van der Waals surface area contributed by atoms with Gasteiger partial charge in [-0.2, -0.15) is 0 Å². The van der Waals surface area contributed by atoms with E-state index in [-0.39, 0.29) is 30.4 Å². The number of rotatable bonds is 11. The summed E-state index contributed by atoms with van der Waals surface area (Å²) < 4.78 is 0. The van der Waals surface area contributed by atoms with Crippen LogP contribution in [-0.2, 0) is 12.8 Å². The first-order valence-electron chi connectivity index (χ1n) is 9.50. The van der Waals surface area contributed by atoms with E-state index in [1.807, 2.05) is 12.2 Å². The van der Waals surface area contributed by atoms with Gasteiger partial charge in [0.2, 0.25) is 0 Å². The maximum Gasteiger partial charge on any atom is 0.0235 e. The van der Waals surface area contributed by atoms with Gasteiger partial charge >= 0.3 is 0 Å². The van der Waals surface area contributed by atoms with Crippen LogP contribution in [0.25, 0.3) is 12.2 Å². The van der Waals surface area contributed by atoms with E-state index in [1.165, 1.54) is 11.1 Å². The molecule has 0 aromatic heterocycles. The molecule has 154 valence electrons. The van der Waals surface area contributed by atoms with Gasteiger partial charge in [0.15, 0.2) is 0 Å². The summed E-state index contributed by atoms with van der Waals surface area (Å²) in [5.41, 5.74) is 17.1. The zero-order chi connectivity index (χ0) is 18.8. The summed E-state index contributed by atoms with van der Waals surface area (Å²) in [6, 6.07) is 17.1. The van der Waals surface area contributed by atoms with Crippen molar-refractivity contribution in [2.24, 2.45) is 11.5 Å². The molecule has 0 unspecified atom stereocenters. The average Bonchev–Trinajstić information content (AvgIpc) is 2.66. The molecule has 0 atom stereocenters. The van der Waals surface area contributed by atoms with Crippen molar-refractivity contribution in [3.63, 3.8) is 0 Å². The highest BCUT2D eigenvalue weighted by Gasteiger charge is 2.25. The lowest BCUT2D eigenvalue weighted by Gasteiger charge is -2.30. The van der Waals surface area contributed by atoms with E-state index in [1.54, 1.807) is 0 Å². The molecule has 2 rings (SSSR count). The van der Waals surface area contributed by atoms with Crippen LogP contribution in [-0.4, -0.2) is 12.1 Å². The molecule has 28 heavy (non-hydrogen) atoms. The van der Waals surface area contributed by atoms with E-state index in [2.05, 4.69) is 61.7 Å². The van der Waals surface area contributed by atoms with Gasteiger partial charge in [0.25, 0.3) is 0 Å². The van der Waals surface area contributed by atoms with E-state index in [9.17, 15) is 0 Å². The van der Waals surface area contributed by atoms with E-state index < -0.39 is 0 Å². The van der Waals surface area contributed by atoms with Crippen molar-refractivity contribution in [1.82, 2.24) is 0 Å². The van der Waals surface area contributed by atoms with Crippen LogP contribution < -0.4 is 11.5 Å². The zero-order valence-corrected chi connectivity index (χ0v) is 18.2. The summed E-state index contributed by atoms with van der Waals surface area (Å²) in [6.07, 6.45) is 9.80. The van der Waals surface area contributed by atoms with Crippen LogP contribution in [0, 0.1) is 0 Å². The topological polar surface area (TPSA) is 52.0 Å². The summed E-state index contributed by atoms with van der Waals surface area (Å²) >= 11 is 0. The molecule has 0 aliphatic carbocycles. The van der Waals surface area contributed by atoms with Gasteiger partial charge in [0, 0.05) is 5.54 Å². The van der Waals surface area contributed by atoms with Gasteiger partial charge in [-0.1, -0.05) is 86.7 Å². The lowest BCUT2D eigenvalue weighted by molar-refractivity contribution is 0.370. The van der Waals surface area contributed by atoms with Crippen LogP contribution in [0.1, 0.15) is 47.9 Å². The van der Waals surface area contributed by atoms with Crippen molar-refractivity contribution in [2.45, 2.75) is 44.1 Å². The van der Waals surface area contributed by atoms with Crippen molar-refractivity contribution in [3.8, 4) is 0 Å². The van der Waals surface area contributed by atoms with Gasteiger partial charge in [-0.15, -0.1) is 24.8 Å². The zero-order valence-electron chi connectivity index (χ0n) is 16.6. The Bertz CT molecular complexity index is 640. The molecule has 0 saturated carbocycles. The van der Waals surface area contributed by atoms with Crippen molar-refractivity contribution in [2.75, 3.05) is 6.54 Å². The van der Waals surface area contributed by atoms with Gasteiger partial charge in [-0.3, -0.25) is 0 Å². The third-order valence-corrected chi connectivity index (χ3v) is 4.92. The maximum absolute atomic E-state index is 6.91. The normalized spacial score (nSPS) is 10.5. The van der Waals surface area contributed by atoms with Gasteiger partial charge in [0.05, 0.1) is 0 Å². The quantitative estimate of drug-likeness (QED) is 0.449. The molecule has 0 aliphatic heterocycles. The largest absolute Gasteiger partial charge is 0.330 e. The summed E-state index contributed by atoms with van der Waals surface area (Å²) in [7, 11) is 0. The van der Waals surface area contributed by atoms with Gasteiger partial charge in [-0.25, -0.2) is 0 Å². The second-order valence-corrected chi connectivity index (χ2v) is 7.21. The summed E-state index contributed by atoms with van der Waals surface area (Å²) in [5, 5.41) is 0. The van der Waals surface area contributed by atoms with Crippen LogP contribution in [0.15, 0.2) is 61.7 Å². The molecule has 2 aromatic carbocycles. The molecular weight excluding hydrogens is 387 g/mol. The second kappa shape index (κ2) is 13.6. The Hall–Kier alpha value is -1.58. The Balaban J connectivity index is 0.00000364. The fourth-order valence-corrected chi connectivity index (χ4v) is 3.39. The Labute approximate surface area is 182 Å². The molecule has 0 aliphatic rings. The first-order chi connectivity index (χ1) is 12.6. The number of unbranched alkanes of at least 4 members (excludes halogenated alkanes) is 2. The highest BCUT2D eigenvalue weighted by Crippen LogP contribution is 2.24. The minimum atomic E-state index is -0.250.